The number of ether oxygens (including phenoxy) is 3. The zero-order valence-electron chi connectivity index (χ0n) is 12.9. The third kappa shape index (κ3) is 4.19. The number of benzene rings is 1. The Bertz CT molecular complexity index is 467. The molecule has 0 aliphatic carbocycles. The molecular formula is C16H23NO4. The third-order valence-electron chi connectivity index (χ3n) is 3.51. The Morgan fingerprint density at radius 3 is 2.67 bits per heavy atom. The van der Waals surface area contributed by atoms with E-state index in [1.54, 1.807) is 25.3 Å². The molecule has 5 heteroatoms. The van der Waals surface area contributed by atoms with Crippen molar-refractivity contribution in [3.63, 3.8) is 0 Å². The van der Waals surface area contributed by atoms with Crippen LogP contribution in [-0.2, 0) is 4.74 Å². The fourth-order valence-corrected chi connectivity index (χ4v) is 2.68. The topological polar surface area (TPSA) is 48.0 Å². The zero-order chi connectivity index (χ0) is 15.2. The van der Waals surface area contributed by atoms with Gasteiger partial charge in [0, 0.05) is 19.6 Å². The highest BCUT2D eigenvalue weighted by Gasteiger charge is 2.22. The summed E-state index contributed by atoms with van der Waals surface area (Å²) >= 11 is 0. The van der Waals surface area contributed by atoms with Gasteiger partial charge in [0.15, 0.2) is 17.8 Å². The van der Waals surface area contributed by atoms with Crippen molar-refractivity contribution in [1.82, 2.24) is 4.90 Å². The predicted molar refractivity (Wildman–Crippen MR) is 80.3 cm³/mol. The van der Waals surface area contributed by atoms with Gasteiger partial charge in [-0.15, -0.1) is 0 Å². The molecule has 0 unspecified atom stereocenters. The van der Waals surface area contributed by atoms with E-state index in [2.05, 4.69) is 18.7 Å². The summed E-state index contributed by atoms with van der Waals surface area (Å²) in [6.45, 7) is 7.28. The van der Waals surface area contributed by atoms with E-state index in [-0.39, 0.29) is 12.2 Å². The molecule has 1 heterocycles. The van der Waals surface area contributed by atoms with Gasteiger partial charge in [-0.2, -0.15) is 0 Å². The molecular weight excluding hydrogens is 270 g/mol. The first-order chi connectivity index (χ1) is 10.1. The number of hydrogen-bond acceptors (Lipinski definition) is 5. The summed E-state index contributed by atoms with van der Waals surface area (Å²) in [4.78, 5) is 13.4. The Hall–Kier alpha value is -1.59. The molecule has 0 bridgehead atoms. The van der Waals surface area contributed by atoms with E-state index in [4.69, 9.17) is 14.2 Å². The summed E-state index contributed by atoms with van der Waals surface area (Å²) < 4.78 is 16.7. The molecule has 0 spiro atoms. The van der Waals surface area contributed by atoms with Gasteiger partial charge in [-0.1, -0.05) is 6.07 Å². The number of nitrogens with zero attached hydrogens (tertiary/aromatic N) is 1. The molecule has 5 nitrogen and oxygen atoms in total. The SMILES string of the molecule is COc1cccc(C=O)c1OCCN1C[C@@H](C)O[C@H](C)C1. The predicted octanol–water partition coefficient (Wildman–Crippen LogP) is 2.00. The van der Waals surface area contributed by atoms with Crippen LogP contribution in [0.15, 0.2) is 18.2 Å². The second kappa shape index (κ2) is 7.43. The maximum absolute atomic E-state index is 11.1. The molecule has 2 rings (SSSR count). The Morgan fingerprint density at radius 2 is 2.05 bits per heavy atom. The van der Waals surface area contributed by atoms with Gasteiger partial charge in [-0.3, -0.25) is 9.69 Å². The van der Waals surface area contributed by atoms with Crippen molar-refractivity contribution >= 4 is 6.29 Å². The van der Waals surface area contributed by atoms with Crippen LogP contribution in [0.1, 0.15) is 24.2 Å². The van der Waals surface area contributed by atoms with Crippen molar-refractivity contribution in [3.8, 4) is 11.5 Å². The monoisotopic (exact) mass is 293 g/mol. The van der Waals surface area contributed by atoms with Crippen LogP contribution in [-0.4, -0.2) is 56.7 Å². The highest BCUT2D eigenvalue weighted by molar-refractivity contribution is 5.81. The van der Waals surface area contributed by atoms with Gasteiger partial charge in [-0.05, 0) is 26.0 Å². The van der Waals surface area contributed by atoms with E-state index in [0.29, 0.717) is 23.7 Å². The fraction of sp³-hybridized carbons (Fsp3) is 0.562. The summed E-state index contributed by atoms with van der Waals surface area (Å²) in [6, 6.07) is 5.30. The maximum atomic E-state index is 11.1. The van der Waals surface area contributed by atoms with Crippen LogP contribution in [0.2, 0.25) is 0 Å². The molecule has 0 N–H and O–H groups in total. The number of carbonyl (C=O) groups excluding carboxylic acids is 1. The molecule has 0 radical (unpaired) electrons. The standard InChI is InChI=1S/C16H23NO4/c1-12-9-17(10-13(2)21-12)7-8-20-16-14(11-18)5-4-6-15(16)19-3/h4-6,11-13H,7-10H2,1-3H3/t12-,13-/m1/s1. The second-order valence-electron chi connectivity index (χ2n) is 5.36. The summed E-state index contributed by atoms with van der Waals surface area (Å²) in [6.07, 6.45) is 1.27. The van der Waals surface area contributed by atoms with E-state index in [1.807, 2.05) is 0 Å². The molecule has 1 aliphatic heterocycles. The lowest BCUT2D eigenvalue weighted by Gasteiger charge is -2.35. The molecule has 2 atom stereocenters. The summed E-state index contributed by atoms with van der Waals surface area (Å²) in [7, 11) is 1.57. The third-order valence-corrected chi connectivity index (χ3v) is 3.51. The first kappa shape index (κ1) is 15.8. The van der Waals surface area contributed by atoms with Crippen molar-refractivity contribution < 1.29 is 19.0 Å². The normalized spacial score (nSPS) is 22.8. The van der Waals surface area contributed by atoms with Crippen LogP contribution in [0.3, 0.4) is 0 Å². The zero-order valence-corrected chi connectivity index (χ0v) is 12.9. The largest absolute Gasteiger partial charge is 0.493 e. The van der Waals surface area contributed by atoms with E-state index in [1.165, 1.54) is 0 Å². The minimum atomic E-state index is 0.241. The molecule has 1 aliphatic rings. The van der Waals surface area contributed by atoms with Gasteiger partial charge in [0.1, 0.15) is 6.61 Å². The number of para-hydroxylation sites is 1. The van der Waals surface area contributed by atoms with Crippen molar-refractivity contribution in [2.24, 2.45) is 0 Å². The van der Waals surface area contributed by atoms with E-state index in [9.17, 15) is 4.79 Å². The molecule has 21 heavy (non-hydrogen) atoms. The Kier molecular flexibility index (Phi) is 5.59. The average Bonchev–Trinajstić information content (AvgIpc) is 2.46. The number of morpholine rings is 1. The van der Waals surface area contributed by atoms with E-state index < -0.39 is 0 Å². The van der Waals surface area contributed by atoms with Crippen molar-refractivity contribution in [1.29, 1.82) is 0 Å². The van der Waals surface area contributed by atoms with Gasteiger partial charge in [0.2, 0.25) is 0 Å². The molecule has 1 saturated heterocycles. The second-order valence-corrected chi connectivity index (χ2v) is 5.36. The maximum Gasteiger partial charge on any atom is 0.171 e. The number of carbonyl (C=O) groups is 1. The number of rotatable bonds is 6. The van der Waals surface area contributed by atoms with Crippen LogP contribution < -0.4 is 9.47 Å². The van der Waals surface area contributed by atoms with Gasteiger partial charge in [0.25, 0.3) is 0 Å². The molecule has 1 fully saturated rings. The summed E-state index contributed by atoms with van der Waals surface area (Å²) in [5, 5.41) is 0. The Balaban J connectivity index is 1.92. The highest BCUT2D eigenvalue weighted by Crippen LogP contribution is 2.29. The van der Waals surface area contributed by atoms with Crippen molar-refractivity contribution in [2.45, 2.75) is 26.1 Å². The van der Waals surface area contributed by atoms with Gasteiger partial charge < -0.3 is 14.2 Å². The highest BCUT2D eigenvalue weighted by atomic mass is 16.5. The molecule has 1 aromatic rings. The quantitative estimate of drug-likeness (QED) is 0.751. The Morgan fingerprint density at radius 1 is 1.33 bits per heavy atom. The number of aldehydes is 1. The van der Waals surface area contributed by atoms with Gasteiger partial charge in [0.05, 0.1) is 24.9 Å². The average molecular weight is 293 g/mol. The van der Waals surface area contributed by atoms with Gasteiger partial charge >= 0.3 is 0 Å². The lowest BCUT2D eigenvalue weighted by atomic mass is 10.2. The number of methoxy groups -OCH3 is 1. The summed E-state index contributed by atoms with van der Waals surface area (Å²) in [5.41, 5.74) is 0.512. The minimum absolute atomic E-state index is 0.241. The molecule has 0 saturated carbocycles. The molecule has 0 aromatic heterocycles. The lowest BCUT2D eigenvalue weighted by Crippen LogP contribution is -2.46. The smallest absolute Gasteiger partial charge is 0.171 e. The van der Waals surface area contributed by atoms with Crippen LogP contribution in [0, 0.1) is 0 Å². The van der Waals surface area contributed by atoms with Crippen LogP contribution >= 0.6 is 0 Å². The number of hydrogen-bond donors (Lipinski definition) is 0. The van der Waals surface area contributed by atoms with E-state index >= 15 is 0 Å². The van der Waals surface area contributed by atoms with E-state index in [0.717, 1.165) is 25.9 Å². The molecule has 0 amide bonds. The molecule has 1 aromatic carbocycles. The van der Waals surface area contributed by atoms with Crippen molar-refractivity contribution in [2.75, 3.05) is 33.4 Å². The van der Waals surface area contributed by atoms with Crippen LogP contribution in [0.25, 0.3) is 0 Å². The minimum Gasteiger partial charge on any atom is -0.493 e. The first-order valence-electron chi connectivity index (χ1n) is 7.26. The Labute approximate surface area is 125 Å². The molecule has 116 valence electrons. The fourth-order valence-electron chi connectivity index (χ4n) is 2.68. The van der Waals surface area contributed by atoms with Crippen LogP contribution in [0.4, 0.5) is 0 Å². The van der Waals surface area contributed by atoms with Crippen molar-refractivity contribution in [3.05, 3.63) is 23.8 Å². The van der Waals surface area contributed by atoms with Gasteiger partial charge in [-0.25, -0.2) is 0 Å². The van der Waals surface area contributed by atoms with Crippen LogP contribution in [0.5, 0.6) is 11.5 Å². The summed E-state index contributed by atoms with van der Waals surface area (Å²) in [5.74, 6) is 1.10. The lowest BCUT2D eigenvalue weighted by molar-refractivity contribution is -0.0699. The first-order valence-corrected chi connectivity index (χ1v) is 7.26.